The highest BCUT2D eigenvalue weighted by atomic mass is 32.1. The minimum Gasteiger partial charge on any atom is -0.507 e. The maximum absolute atomic E-state index is 13.6. The van der Waals surface area contributed by atoms with Gasteiger partial charge in [-0.05, 0) is 48.9 Å². The number of amides is 1. The van der Waals surface area contributed by atoms with Crippen molar-refractivity contribution in [2.45, 2.75) is 13.0 Å². The first kappa shape index (κ1) is 21.4. The Hall–Kier alpha value is -3.85. The van der Waals surface area contributed by atoms with Gasteiger partial charge in [-0.15, -0.1) is 10.2 Å². The van der Waals surface area contributed by atoms with Crippen LogP contribution in [0, 0.1) is 12.7 Å². The van der Waals surface area contributed by atoms with Crippen molar-refractivity contribution in [3.05, 3.63) is 88.7 Å². The highest BCUT2D eigenvalue weighted by molar-refractivity contribution is 7.15. The number of hydrogen-bond acceptors (Lipinski definition) is 7. The molecule has 32 heavy (non-hydrogen) atoms. The molecule has 0 bridgehead atoms. The van der Waals surface area contributed by atoms with E-state index in [-0.39, 0.29) is 16.5 Å². The van der Waals surface area contributed by atoms with E-state index in [1.807, 2.05) is 0 Å². The molecule has 7 nitrogen and oxygen atoms in total. The summed E-state index contributed by atoms with van der Waals surface area (Å²) in [5.74, 6) is -1.97. The Morgan fingerprint density at radius 1 is 1.19 bits per heavy atom. The van der Waals surface area contributed by atoms with Crippen molar-refractivity contribution in [1.29, 1.82) is 0 Å². The molecule has 0 saturated carbocycles. The van der Waals surface area contributed by atoms with Gasteiger partial charge in [-0.2, -0.15) is 0 Å². The SMILES string of the molecule is C=CCOc1ccc(C(O)=C2C(=O)C(=O)N(c3nnc(C)s3)[C@@H]2c2ccc(F)cc2)cc1. The molecule has 1 N–H and O–H groups in total. The first-order chi connectivity index (χ1) is 15.4. The third-order valence-electron chi connectivity index (χ3n) is 4.85. The summed E-state index contributed by atoms with van der Waals surface area (Å²) in [5, 5.41) is 19.8. The Morgan fingerprint density at radius 3 is 2.47 bits per heavy atom. The molecular weight excluding hydrogens is 433 g/mol. The van der Waals surface area contributed by atoms with E-state index >= 15 is 0 Å². The number of carbonyl (C=O) groups excluding carboxylic acids is 2. The Morgan fingerprint density at radius 2 is 1.88 bits per heavy atom. The molecular formula is C23H18FN3O4S. The lowest BCUT2D eigenvalue weighted by atomic mass is 9.95. The quantitative estimate of drug-likeness (QED) is 0.262. The molecule has 1 amide bonds. The first-order valence-electron chi connectivity index (χ1n) is 9.61. The van der Waals surface area contributed by atoms with Crippen LogP contribution in [-0.4, -0.2) is 33.6 Å². The van der Waals surface area contributed by atoms with Crippen LogP contribution in [0.1, 0.15) is 22.2 Å². The largest absolute Gasteiger partial charge is 0.507 e. The number of hydrogen-bond donors (Lipinski definition) is 1. The molecule has 2 aromatic carbocycles. The molecule has 2 heterocycles. The van der Waals surface area contributed by atoms with Gasteiger partial charge in [-0.25, -0.2) is 4.39 Å². The molecule has 1 aromatic heterocycles. The topological polar surface area (TPSA) is 92.6 Å². The first-order valence-corrected chi connectivity index (χ1v) is 10.4. The molecule has 1 saturated heterocycles. The summed E-state index contributed by atoms with van der Waals surface area (Å²) in [4.78, 5) is 27.1. The zero-order valence-corrected chi connectivity index (χ0v) is 17.8. The Balaban J connectivity index is 1.84. The van der Waals surface area contributed by atoms with Crippen molar-refractivity contribution in [2.75, 3.05) is 11.5 Å². The number of anilines is 1. The van der Waals surface area contributed by atoms with Gasteiger partial charge in [0.15, 0.2) is 0 Å². The van der Waals surface area contributed by atoms with Crippen LogP contribution >= 0.6 is 11.3 Å². The fourth-order valence-electron chi connectivity index (χ4n) is 3.39. The summed E-state index contributed by atoms with van der Waals surface area (Å²) in [6, 6.07) is 10.8. The highest BCUT2D eigenvalue weighted by Gasteiger charge is 2.48. The van der Waals surface area contributed by atoms with E-state index in [0.29, 0.717) is 28.5 Å². The lowest BCUT2D eigenvalue weighted by Gasteiger charge is -2.22. The molecule has 0 unspecified atom stereocenters. The van der Waals surface area contributed by atoms with Crippen molar-refractivity contribution in [2.24, 2.45) is 0 Å². The molecule has 1 fully saturated rings. The zero-order valence-electron chi connectivity index (χ0n) is 17.0. The number of aliphatic hydroxyl groups excluding tert-OH is 1. The van der Waals surface area contributed by atoms with E-state index in [9.17, 15) is 19.1 Å². The third kappa shape index (κ3) is 3.90. The summed E-state index contributed by atoms with van der Waals surface area (Å²) >= 11 is 1.14. The molecule has 1 aliphatic heterocycles. The lowest BCUT2D eigenvalue weighted by molar-refractivity contribution is -0.132. The van der Waals surface area contributed by atoms with Gasteiger partial charge in [0.1, 0.15) is 28.9 Å². The fraction of sp³-hybridized carbons (Fsp3) is 0.130. The molecule has 3 aromatic rings. The van der Waals surface area contributed by atoms with Crippen molar-refractivity contribution in [3.8, 4) is 5.75 Å². The lowest BCUT2D eigenvalue weighted by Crippen LogP contribution is -2.29. The third-order valence-corrected chi connectivity index (χ3v) is 5.69. The molecule has 0 radical (unpaired) electrons. The van der Waals surface area contributed by atoms with E-state index in [1.165, 1.54) is 29.2 Å². The second kappa shape index (κ2) is 8.72. The van der Waals surface area contributed by atoms with Crippen LogP contribution in [0.2, 0.25) is 0 Å². The van der Waals surface area contributed by atoms with Gasteiger partial charge in [0, 0.05) is 5.56 Å². The van der Waals surface area contributed by atoms with Crippen molar-refractivity contribution < 1.29 is 23.8 Å². The number of aromatic nitrogens is 2. The van der Waals surface area contributed by atoms with Crippen LogP contribution in [0.25, 0.3) is 5.76 Å². The number of carbonyl (C=O) groups is 2. The Bertz CT molecular complexity index is 1220. The van der Waals surface area contributed by atoms with E-state index in [4.69, 9.17) is 4.74 Å². The number of ether oxygens (including phenoxy) is 1. The van der Waals surface area contributed by atoms with Crippen LogP contribution in [0.4, 0.5) is 9.52 Å². The van der Waals surface area contributed by atoms with Crippen LogP contribution in [0.5, 0.6) is 5.75 Å². The molecule has 1 aliphatic rings. The summed E-state index contributed by atoms with van der Waals surface area (Å²) in [5.41, 5.74) is 0.662. The maximum atomic E-state index is 13.6. The maximum Gasteiger partial charge on any atom is 0.301 e. The molecule has 4 rings (SSSR count). The molecule has 0 aliphatic carbocycles. The molecule has 1 atom stereocenters. The van der Waals surface area contributed by atoms with Crippen molar-refractivity contribution in [3.63, 3.8) is 0 Å². The predicted molar refractivity (Wildman–Crippen MR) is 118 cm³/mol. The summed E-state index contributed by atoms with van der Waals surface area (Å²) in [7, 11) is 0. The highest BCUT2D eigenvalue weighted by Crippen LogP contribution is 2.43. The second-order valence-electron chi connectivity index (χ2n) is 6.95. The monoisotopic (exact) mass is 451 g/mol. The number of rotatable bonds is 6. The minimum absolute atomic E-state index is 0.116. The molecule has 162 valence electrons. The van der Waals surface area contributed by atoms with E-state index in [2.05, 4.69) is 16.8 Å². The van der Waals surface area contributed by atoms with Gasteiger partial charge in [0.2, 0.25) is 5.13 Å². The molecule has 9 heteroatoms. The van der Waals surface area contributed by atoms with E-state index in [0.717, 1.165) is 11.3 Å². The summed E-state index contributed by atoms with van der Waals surface area (Å²) < 4.78 is 19.0. The van der Waals surface area contributed by atoms with Gasteiger partial charge in [-0.1, -0.05) is 36.1 Å². The van der Waals surface area contributed by atoms with Gasteiger partial charge in [-0.3, -0.25) is 14.5 Å². The summed E-state index contributed by atoms with van der Waals surface area (Å²) in [6.07, 6.45) is 1.60. The molecule has 0 spiro atoms. The zero-order chi connectivity index (χ0) is 22.8. The van der Waals surface area contributed by atoms with Gasteiger partial charge < -0.3 is 9.84 Å². The number of aryl methyl sites for hydroxylation is 1. The van der Waals surface area contributed by atoms with Crippen LogP contribution < -0.4 is 9.64 Å². The number of Topliss-reactive ketones (excluding diaryl/α,β-unsaturated/α-hetero) is 1. The average molecular weight is 451 g/mol. The van der Waals surface area contributed by atoms with Gasteiger partial charge in [0.05, 0.1) is 11.6 Å². The Labute approximate surface area is 187 Å². The number of aliphatic hydroxyl groups is 1. The number of benzene rings is 2. The van der Waals surface area contributed by atoms with Crippen LogP contribution in [0.15, 0.2) is 66.8 Å². The van der Waals surface area contributed by atoms with E-state index < -0.39 is 23.5 Å². The van der Waals surface area contributed by atoms with Crippen LogP contribution in [-0.2, 0) is 9.59 Å². The number of halogens is 1. The standard InChI is InChI=1S/C23H18FN3O4S/c1-3-12-31-17-10-6-15(7-11-17)20(28)18-19(14-4-8-16(24)9-5-14)27(22(30)21(18)29)23-26-25-13(2)32-23/h3-11,19,28H,1,12H2,2H3/t19-/m1/s1. The second-order valence-corrected chi connectivity index (χ2v) is 8.11. The normalized spacial score (nSPS) is 17.6. The fourth-order valence-corrected chi connectivity index (χ4v) is 4.11. The predicted octanol–water partition coefficient (Wildman–Crippen LogP) is 4.18. The average Bonchev–Trinajstić information content (AvgIpc) is 3.33. The number of ketones is 1. The minimum atomic E-state index is -0.986. The Kier molecular flexibility index (Phi) is 5.83. The smallest absolute Gasteiger partial charge is 0.301 e. The van der Waals surface area contributed by atoms with Gasteiger partial charge in [0.25, 0.3) is 5.78 Å². The van der Waals surface area contributed by atoms with Crippen molar-refractivity contribution in [1.82, 2.24) is 10.2 Å². The van der Waals surface area contributed by atoms with Crippen molar-refractivity contribution >= 4 is 33.9 Å². The van der Waals surface area contributed by atoms with Crippen LogP contribution in [0.3, 0.4) is 0 Å². The van der Waals surface area contributed by atoms with Gasteiger partial charge >= 0.3 is 5.91 Å². The summed E-state index contributed by atoms with van der Waals surface area (Å²) in [6.45, 7) is 5.63. The number of nitrogens with zero attached hydrogens (tertiary/aromatic N) is 3. The van der Waals surface area contributed by atoms with E-state index in [1.54, 1.807) is 37.3 Å².